The molecule has 1 heterocycles. The van der Waals surface area contributed by atoms with E-state index in [1.165, 1.54) is 35.6 Å². The summed E-state index contributed by atoms with van der Waals surface area (Å²) in [5.74, 6) is -0.299. The average molecular weight is 430 g/mol. The second kappa shape index (κ2) is 8.63. The topological polar surface area (TPSA) is 79.4 Å². The first kappa shape index (κ1) is 20.8. The molecule has 0 aliphatic carbocycles. The summed E-state index contributed by atoms with van der Waals surface area (Å²) < 4.78 is 27.1. The number of aromatic nitrogens is 1. The van der Waals surface area contributed by atoms with Gasteiger partial charge in [-0.3, -0.25) is 14.1 Å². The van der Waals surface area contributed by atoms with Crippen molar-refractivity contribution in [2.24, 2.45) is 0 Å². The van der Waals surface area contributed by atoms with Crippen molar-refractivity contribution in [2.75, 3.05) is 11.4 Å². The molecule has 29 heavy (non-hydrogen) atoms. The minimum absolute atomic E-state index is 0.121. The molecule has 0 fully saturated rings. The molecule has 3 aromatic rings. The predicted octanol–water partition coefficient (Wildman–Crippen LogP) is 3.80. The van der Waals surface area contributed by atoms with E-state index in [1.54, 1.807) is 43.6 Å². The second-order valence-corrected chi connectivity index (χ2v) is 8.88. The Morgan fingerprint density at radius 3 is 2.52 bits per heavy atom. The lowest BCUT2D eigenvalue weighted by atomic mass is 10.1. The van der Waals surface area contributed by atoms with Crippen LogP contribution in [0.2, 0.25) is 5.02 Å². The highest BCUT2D eigenvalue weighted by atomic mass is 35.5. The van der Waals surface area contributed by atoms with E-state index >= 15 is 0 Å². The van der Waals surface area contributed by atoms with E-state index in [9.17, 15) is 13.2 Å². The third-order valence-corrected chi connectivity index (χ3v) is 6.50. The molecule has 8 heteroatoms. The van der Waals surface area contributed by atoms with Crippen molar-refractivity contribution in [3.63, 3.8) is 0 Å². The van der Waals surface area contributed by atoms with E-state index in [-0.39, 0.29) is 10.8 Å². The highest BCUT2D eigenvalue weighted by molar-refractivity contribution is 7.92. The van der Waals surface area contributed by atoms with Gasteiger partial charge >= 0.3 is 0 Å². The number of sulfonamides is 1. The fraction of sp³-hybridized carbons (Fsp3) is 0.143. The van der Waals surface area contributed by atoms with Crippen LogP contribution in [-0.2, 0) is 16.6 Å². The molecule has 0 radical (unpaired) electrons. The van der Waals surface area contributed by atoms with Crippen molar-refractivity contribution in [1.29, 1.82) is 0 Å². The Labute approximate surface area is 175 Å². The molecule has 0 atom stereocenters. The molecular weight excluding hydrogens is 410 g/mol. The SMILES string of the molecule is Cc1ccc(C(=O)NCc2cccnc2)cc1N(C)S(=O)(=O)c1ccc(Cl)cc1. The fourth-order valence-electron chi connectivity index (χ4n) is 2.77. The van der Waals surface area contributed by atoms with E-state index in [0.29, 0.717) is 22.8 Å². The predicted molar refractivity (Wildman–Crippen MR) is 114 cm³/mol. The number of hydrogen-bond acceptors (Lipinski definition) is 4. The summed E-state index contributed by atoms with van der Waals surface area (Å²) in [5, 5.41) is 3.27. The average Bonchev–Trinajstić information content (AvgIpc) is 2.73. The summed E-state index contributed by atoms with van der Waals surface area (Å²) in [7, 11) is -2.33. The zero-order valence-electron chi connectivity index (χ0n) is 16.0. The van der Waals surface area contributed by atoms with Crippen LogP contribution >= 0.6 is 11.6 Å². The van der Waals surface area contributed by atoms with Crippen LogP contribution in [0.1, 0.15) is 21.5 Å². The quantitative estimate of drug-likeness (QED) is 0.646. The van der Waals surface area contributed by atoms with E-state index in [1.807, 2.05) is 6.07 Å². The molecule has 0 bridgehead atoms. The van der Waals surface area contributed by atoms with E-state index < -0.39 is 10.0 Å². The molecule has 150 valence electrons. The third-order valence-electron chi connectivity index (χ3n) is 4.46. The number of nitrogens with zero attached hydrogens (tertiary/aromatic N) is 2. The van der Waals surface area contributed by atoms with Gasteiger partial charge in [-0.2, -0.15) is 0 Å². The number of carbonyl (C=O) groups is 1. The second-order valence-electron chi connectivity index (χ2n) is 6.47. The molecule has 6 nitrogen and oxygen atoms in total. The van der Waals surface area contributed by atoms with Gasteiger partial charge in [0.1, 0.15) is 0 Å². The van der Waals surface area contributed by atoms with Crippen molar-refractivity contribution in [1.82, 2.24) is 10.3 Å². The van der Waals surface area contributed by atoms with Crippen LogP contribution in [-0.4, -0.2) is 26.4 Å². The van der Waals surface area contributed by atoms with Crippen LogP contribution in [0.15, 0.2) is 71.9 Å². The largest absolute Gasteiger partial charge is 0.348 e. The Balaban J connectivity index is 1.84. The van der Waals surface area contributed by atoms with Crippen molar-refractivity contribution in [2.45, 2.75) is 18.4 Å². The zero-order valence-corrected chi connectivity index (χ0v) is 17.5. The lowest BCUT2D eigenvalue weighted by molar-refractivity contribution is 0.0951. The molecule has 2 aromatic carbocycles. The molecule has 0 saturated heterocycles. The summed E-state index contributed by atoms with van der Waals surface area (Å²) in [6, 6.07) is 14.6. The van der Waals surface area contributed by atoms with E-state index in [0.717, 1.165) is 11.1 Å². The number of carbonyl (C=O) groups excluding carboxylic acids is 1. The van der Waals surface area contributed by atoms with Gasteiger partial charge in [-0.15, -0.1) is 0 Å². The maximum absolute atomic E-state index is 13.0. The Kier molecular flexibility index (Phi) is 6.20. The highest BCUT2D eigenvalue weighted by Gasteiger charge is 2.23. The molecule has 3 rings (SSSR count). The number of halogens is 1. The van der Waals surface area contributed by atoms with Gasteiger partial charge in [0, 0.05) is 36.6 Å². The number of amides is 1. The number of anilines is 1. The molecule has 0 aliphatic rings. The fourth-order valence-corrected chi connectivity index (χ4v) is 4.15. The molecule has 1 amide bonds. The first-order valence-electron chi connectivity index (χ1n) is 8.81. The van der Waals surface area contributed by atoms with Gasteiger partial charge < -0.3 is 5.32 Å². The van der Waals surface area contributed by atoms with Crippen LogP contribution < -0.4 is 9.62 Å². The number of pyridine rings is 1. The number of hydrogen-bond donors (Lipinski definition) is 1. The monoisotopic (exact) mass is 429 g/mol. The Hall–Kier alpha value is -2.90. The Bertz CT molecular complexity index is 1120. The summed E-state index contributed by atoms with van der Waals surface area (Å²) in [6.45, 7) is 2.12. The Morgan fingerprint density at radius 2 is 1.86 bits per heavy atom. The summed E-state index contributed by atoms with van der Waals surface area (Å²) in [5.41, 5.74) is 2.39. The molecule has 0 spiro atoms. The third kappa shape index (κ3) is 4.75. The lowest BCUT2D eigenvalue weighted by Gasteiger charge is -2.22. The maximum Gasteiger partial charge on any atom is 0.264 e. The van der Waals surface area contributed by atoms with Crippen LogP contribution in [0.4, 0.5) is 5.69 Å². The lowest BCUT2D eigenvalue weighted by Crippen LogP contribution is -2.28. The van der Waals surface area contributed by atoms with Gasteiger partial charge in [0.2, 0.25) is 0 Å². The minimum atomic E-state index is -3.79. The highest BCUT2D eigenvalue weighted by Crippen LogP contribution is 2.27. The first-order valence-corrected chi connectivity index (χ1v) is 10.6. The van der Waals surface area contributed by atoms with Crippen molar-refractivity contribution >= 4 is 33.2 Å². The number of benzene rings is 2. The summed E-state index contributed by atoms with van der Waals surface area (Å²) in [6.07, 6.45) is 3.34. The van der Waals surface area contributed by atoms with Gasteiger partial charge in [0.05, 0.1) is 10.6 Å². The molecule has 0 unspecified atom stereocenters. The Morgan fingerprint density at radius 1 is 1.14 bits per heavy atom. The summed E-state index contributed by atoms with van der Waals surface area (Å²) in [4.78, 5) is 16.7. The van der Waals surface area contributed by atoms with Crippen LogP contribution in [0.5, 0.6) is 0 Å². The van der Waals surface area contributed by atoms with Crippen molar-refractivity contribution in [3.05, 3.63) is 88.7 Å². The van der Waals surface area contributed by atoms with Crippen LogP contribution in [0.3, 0.4) is 0 Å². The van der Waals surface area contributed by atoms with Gasteiger partial charge in [-0.25, -0.2) is 8.42 Å². The van der Waals surface area contributed by atoms with Gasteiger partial charge in [0.15, 0.2) is 0 Å². The zero-order chi connectivity index (χ0) is 21.0. The summed E-state index contributed by atoms with van der Waals surface area (Å²) >= 11 is 5.86. The van der Waals surface area contributed by atoms with E-state index in [2.05, 4.69) is 10.3 Å². The standard InChI is InChI=1S/C21H20ClN3O3S/c1-15-5-6-17(21(26)24-14-16-4-3-11-23-13-16)12-20(15)25(2)29(27,28)19-9-7-18(22)8-10-19/h3-13H,14H2,1-2H3,(H,24,26). The molecule has 0 saturated carbocycles. The number of rotatable bonds is 6. The minimum Gasteiger partial charge on any atom is -0.348 e. The van der Waals surface area contributed by atoms with Crippen LogP contribution in [0, 0.1) is 6.92 Å². The number of aryl methyl sites for hydroxylation is 1. The molecule has 0 aliphatic heterocycles. The molecule has 1 N–H and O–H groups in total. The first-order chi connectivity index (χ1) is 13.8. The van der Waals surface area contributed by atoms with Crippen LogP contribution in [0.25, 0.3) is 0 Å². The maximum atomic E-state index is 13.0. The van der Waals surface area contributed by atoms with E-state index in [4.69, 9.17) is 11.6 Å². The van der Waals surface area contributed by atoms with Gasteiger partial charge in [-0.1, -0.05) is 23.7 Å². The van der Waals surface area contributed by atoms with Crippen molar-refractivity contribution < 1.29 is 13.2 Å². The smallest absolute Gasteiger partial charge is 0.264 e. The normalized spacial score (nSPS) is 11.1. The number of nitrogens with one attached hydrogen (secondary N) is 1. The molecular formula is C21H20ClN3O3S. The van der Waals surface area contributed by atoms with Gasteiger partial charge in [-0.05, 0) is 60.5 Å². The molecule has 1 aromatic heterocycles. The van der Waals surface area contributed by atoms with Crippen molar-refractivity contribution in [3.8, 4) is 0 Å². The van der Waals surface area contributed by atoms with Gasteiger partial charge in [0.25, 0.3) is 15.9 Å².